The minimum Gasteiger partial charge on any atom is -0.473 e. The maximum Gasteiger partial charge on any atom is 0.416 e. The predicted octanol–water partition coefficient (Wildman–Crippen LogP) is 5.35. The van der Waals surface area contributed by atoms with E-state index in [1.807, 2.05) is 54.6 Å². The van der Waals surface area contributed by atoms with Crippen LogP contribution in [0.2, 0.25) is 0 Å². The van der Waals surface area contributed by atoms with Gasteiger partial charge >= 0.3 is 6.18 Å². The smallest absolute Gasteiger partial charge is 0.416 e. The van der Waals surface area contributed by atoms with Gasteiger partial charge in [-0.2, -0.15) is 13.2 Å². The highest BCUT2D eigenvalue weighted by atomic mass is 19.4. The normalized spacial score (nSPS) is 11.3. The molecule has 0 spiro atoms. The van der Waals surface area contributed by atoms with E-state index in [2.05, 4.69) is 4.98 Å². The molecule has 0 N–H and O–H groups in total. The number of benzene rings is 2. The third-order valence-electron chi connectivity index (χ3n) is 3.51. The number of hydrogen-bond acceptors (Lipinski definition) is 2. The molecule has 0 unspecified atom stereocenters. The number of aromatic nitrogens is 1. The molecule has 0 aliphatic rings. The van der Waals surface area contributed by atoms with Crippen LogP contribution in [0.3, 0.4) is 0 Å². The quantitative estimate of drug-likeness (QED) is 0.644. The summed E-state index contributed by atoms with van der Waals surface area (Å²) in [6.45, 7) is 0.156. The highest BCUT2D eigenvalue weighted by Crippen LogP contribution is 2.30. The van der Waals surface area contributed by atoms with Crippen LogP contribution in [0.5, 0.6) is 5.88 Å². The third-order valence-corrected chi connectivity index (χ3v) is 3.51. The molecule has 0 bridgehead atoms. The lowest BCUT2D eigenvalue weighted by molar-refractivity contribution is -0.137. The topological polar surface area (TPSA) is 22.1 Å². The molecule has 0 aliphatic heterocycles. The summed E-state index contributed by atoms with van der Waals surface area (Å²) >= 11 is 0. The molecule has 3 aromatic rings. The van der Waals surface area contributed by atoms with Crippen LogP contribution in [0, 0.1) is 0 Å². The van der Waals surface area contributed by atoms with Gasteiger partial charge in [-0.1, -0.05) is 54.6 Å². The molecule has 2 aromatic carbocycles. The van der Waals surface area contributed by atoms with Gasteiger partial charge < -0.3 is 4.74 Å². The van der Waals surface area contributed by atoms with Gasteiger partial charge in [0.1, 0.15) is 6.61 Å². The lowest BCUT2D eigenvalue weighted by Crippen LogP contribution is -2.06. The average molecular weight is 329 g/mol. The van der Waals surface area contributed by atoms with Crippen molar-refractivity contribution >= 4 is 0 Å². The number of rotatable bonds is 4. The maximum absolute atomic E-state index is 12.7. The van der Waals surface area contributed by atoms with Crippen molar-refractivity contribution < 1.29 is 17.9 Å². The van der Waals surface area contributed by atoms with Crippen LogP contribution >= 0.6 is 0 Å². The molecule has 24 heavy (non-hydrogen) atoms. The van der Waals surface area contributed by atoms with Gasteiger partial charge in [0.25, 0.3) is 0 Å². The summed E-state index contributed by atoms with van der Waals surface area (Å²) in [6, 6.07) is 19.4. The van der Waals surface area contributed by atoms with Crippen LogP contribution in [0.15, 0.2) is 72.9 Å². The Morgan fingerprint density at radius 3 is 2.17 bits per heavy atom. The predicted molar refractivity (Wildman–Crippen MR) is 85.4 cm³/mol. The third kappa shape index (κ3) is 3.93. The minimum atomic E-state index is -4.40. The first-order valence-electron chi connectivity index (χ1n) is 7.33. The Morgan fingerprint density at radius 2 is 1.50 bits per heavy atom. The van der Waals surface area contributed by atoms with E-state index in [1.54, 1.807) is 0 Å². The number of hydrogen-bond donors (Lipinski definition) is 0. The van der Waals surface area contributed by atoms with Gasteiger partial charge in [0, 0.05) is 12.3 Å². The van der Waals surface area contributed by atoms with Crippen molar-refractivity contribution in [1.29, 1.82) is 0 Å². The first-order valence-corrected chi connectivity index (χ1v) is 7.33. The fourth-order valence-corrected chi connectivity index (χ4v) is 2.25. The molecule has 122 valence electrons. The van der Waals surface area contributed by atoms with Crippen molar-refractivity contribution in [2.24, 2.45) is 0 Å². The largest absolute Gasteiger partial charge is 0.473 e. The Bertz CT molecular complexity index is 799. The lowest BCUT2D eigenvalue weighted by Gasteiger charge is -2.09. The van der Waals surface area contributed by atoms with Gasteiger partial charge in [0.15, 0.2) is 0 Å². The van der Waals surface area contributed by atoms with Crippen LogP contribution in [-0.2, 0) is 12.8 Å². The van der Waals surface area contributed by atoms with Crippen LogP contribution in [0.25, 0.3) is 11.1 Å². The molecule has 0 aliphatic carbocycles. The fraction of sp³-hybridized carbons (Fsp3) is 0.105. The van der Waals surface area contributed by atoms with Crippen LogP contribution < -0.4 is 4.74 Å². The van der Waals surface area contributed by atoms with E-state index in [0.29, 0.717) is 0 Å². The van der Waals surface area contributed by atoms with Gasteiger partial charge in [-0.05, 0) is 22.8 Å². The second-order valence-electron chi connectivity index (χ2n) is 5.23. The van der Waals surface area contributed by atoms with Crippen molar-refractivity contribution in [2.75, 3.05) is 0 Å². The number of alkyl halides is 3. The zero-order chi connectivity index (χ0) is 17.0. The Morgan fingerprint density at radius 1 is 0.833 bits per heavy atom. The van der Waals surface area contributed by atoms with Gasteiger partial charge in [0.2, 0.25) is 5.88 Å². The average Bonchev–Trinajstić information content (AvgIpc) is 2.61. The van der Waals surface area contributed by atoms with E-state index in [9.17, 15) is 13.2 Å². The van der Waals surface area contributed by atoms with Gasteiger partial charge in [-0.3, -0.25) is 0 Å². The minimum absolute atomic E-state index is 0.0445. The molecule has 0 radical (unpaired) electrons. The summed E-state index contributed by atoms with van der Waals surface area (Å²) in [6.07, 6.45) is -3.31. The molecule has 2 nitrogen and oxygen atoms in total. The number of nitrogens with zero attached hydrogens (tertiary/aromatic N) is 1. The standard InChI is InChI=1S/C19H14F3NO/c20-19(21,22)17-10-11-23-18(12-17)24-13-14-6-8-16(9-7-14)15-4-2-1-3-5-15/h1-12H,13H2. The second kappa shape index (κ2) is 6.74. The highest BCUT2D eigenvalue weighted by molar-refractivity contribution is 5.63. The zero-order valence-corrected chi connectivity index (χ0v) is 12.6. The lowest BCUT2D eigenvalue weighted by atomic mass is 10.0. The van der Waals surface area contributed by atoms with Crippen molar-refractivity contribution in [3.8, 4) is 17.0 Å². The van der Waals surface area contributed by atoms with Crippen molar-refractivity contribution in [2.45, 2.75) is 12.8 Å². The van der Waals surface area contributed by atoms with E-state index in [1.165, 1.54) is 0 Å². The number of halogens is 3. The summed E-state index contributed by atoms with van der Waals surface area (Å²) in [7, 11) is 0. The highest BCUT2D eigenvalue weighted by Gasteiger charge is 2.30. The van der Waals surface area contributed by atoms with E-state index in [-0.39, 0.29) is 12.5 Å². The first kappa shape index (κ1) is 16.1. The Hall–Kier alpha value is -2.82. The zero-order valence-electron chi connectivity index (χ0n) is 12.6. The number of ether oxygens (including phenoxy) is 1. The van der Waals surface area contributed by atoms with E-state index in [0.717, 1.165) is 35.0 Å². The van der Waals surface area contributed by atoms with E-state index < -0.39 is 11.7 Å². The Kier molecular flexibility index (Phi) is 4.51. The van der Waals surface area contributed by atoms with Gasteiger partial charge in [-0.25, -0.2) is 4.98 Å². The van der Waals surface area contributed by atoms with Gasteiger partial charge in [0.05, 0.1) is 5.56 Å². The molecule has 0 saturated carbocycles. The Balaban J connectivity index is 1.67. The molecule has 0 saturated heterocycles. The fourth-order valence-electron chi connectivity index (χ4n) is 2.25. The SMILES string of the molecule is FC(F)(F)c1ccnc(OCc2ccc(-c3ccccc3)cc2)c1. The first-order chi connectivity index (χ1) is 11.5. The molecule has 1 aromatic heterocycles. The monoisotopic (exact) mass is 329 g/mol. The van der Waals surface area contributed by atoms with Crippen molar-refractivity contribution in [3.63, 3.8) is 0 Å². The van der Waals surface area contributed by atoms with E-state index >= 15 is 0 Å². The molecule has 0 amide bonds. The summed E-state index contributed by atoms with van der Waals surface area (Å²) in [5.41, 5.74) is 2.25. The molecule has 5 heteroatoms. The molecule has 3 rings (SSSR count). The molecule has 0 atom stereocenters. The van der Waals surface area contributed by atoms with Crippen molar-refractivity contribution in [3.05, 3.63) is 84.1 Å². The summed E-state index contributed by atoms with van der Waals surface area (Å²) < 4.78 is 43.3. The summed E-state index contributed by atoms with van der Waals surface area (Å²) in [5.74, 6) is -0.0445. The molecular formula is C19H14F3NO. The summed E-state index contributed by atoms with van der Waals surface area (Å²) in [5, 5.41) is 0. The van der Waals surface area contributed by atoms with Crippen LogP contribution in [0.1, 0.15) is 11.1 Å². The van der Waals surface area contributed by atoms with Gasteiger partial charge in [-0.15, -0.1) is 0 Å². The molecule has 0 fully saturated rings. The summed E-state index contributed by atoms with van der Waals surface area (Å²) in [4.78, 5) is 3.81. The van der Waals surface area contributed by atoms with Crippen LogP contribution in [-0.4, -0.2) is 4.98 Å². The van der Waals surface area contributed by atoms with Crippen LogP contribution in [0.4, 0.5) is 13.2 Å². The van der Waals surface area contributed by atoms with Crippen molar-refractivity contribution in [1.82, 2.24) is 4.98 Å². The van der Waals surface area contributed by atoms with E-state index in [4.69, 9.17) is 4.74 Å². The second-order valence-corrected chi connectivity index (χ2v) is 5.23. The molecular weight excluding hydrogens is 315 g/mol. The molecule has 1 heterocycles. The maximum atomic E-state index is 12.7. The Labute approximate surface area is 137 Å². The number of pyridine rings is 1.